The first-order chi connectivity index (χ1) is 9.23. The van der Waals surface area contributed by atoms with Gasteiger partial charge in [0.05, 0.1) is 0 Å². The Morgan fingerprint density at radius 2 is 1.00 bits per heavy atom. The van der Waals surface area contributed by atoms with Gasteiger partial charge in [-0.3, -0.25) is 19.2 Å². The standard InChI is InChI=1S/C10H16N2O8/c13-7(14)3-1-5(9(17)18)11-12-6(10(19)20)2-4-8(15)16/h5-6,11-12H,1-4H2,(H,13,14)(H,15,16)(H,17,18)(H,19,20)/t5-,6-/m0/s1. The maximum absolute atomic E-state index is 10.8. The molecule has 0 fully saturated rings. The number of rotatable bonds is 11. The van der Waals surface area contributed by atoms with Crippen LogP contribution in [0.1, 0.15) is 25.7 Å². The van der Waals surface area contributed by atoms with Gasteiger partial charge >= 0.3 is 23.9 Å². The summed E-state index contributed by atoms with van der Waals surface area (Å²) >= 11 is 0. The van der Waals surface area contributed by atoms with Crippen LogP contribution in [0.15, 0.2) is 0 Å². The molecule has 0 aliphatic heterocycles. The van der Waals surface area contributed by atoms with Crippen molar-refractivity contribution >= 4 is 23.9 Å². The van der Waals surface area contributed by atoms with Crippen molar-refractivity contribution in [3.8, 4) is 0 Å². The average molecular weight is 292 g/mol. The molecule has 0 spiro atoms. The molecule has 114 valence electrons. The van der Waals surface area contributed by atoms with E-state index < -0.39 is 48.8 Å². The van der Waals surface area contributed by atoms with E-state index in [2.05, 4.69) is 10.9 Å². The van der Waals surface area contributed by atoms with E-state index in [1.807, 2.05) is 0 Å². The molecule has 0 unspecified atom stereocenters. The van der Waals surface area contributed by atoms with Crippen LogP contribution in [0.3, 0.4) is 0 Å². The van der Waals surface area contributed by atoms with Gasteiger partial charge in [-0.05, 0) is 12.8 Å². The van der Waals surface area contributed by atoms with Gasteiger partial charge in [0.2, 0.25) is 0 Å². The third-order valence-corrected chi connectivity index (χ3v) is 2.32. The lowest BCUT2D eigenvalue weighted by molar-refractivity contribution is -0.145. The second-order valence-corrected chi connectivity index (χ2v) is 3.94. The van der Waals surface area contributed by atoms with Crippen molar-refractivity contribution < 1.29 is 39.6 Å². The summed E-state index contributed by atoms with van der Waals surface area (Å²) in [6.45, 7) is 0. The van der Waals surface area contributed by atoms with Crippen molar-refractivity contribution in [2.75, 3.05) is 0 Å². The molecule has 0 aliphatic carbocycles. The zero-order valence-corrected chi connectivity index (χ0v) is 10.4. The first kappa shape index (κ1) is 17.8. The number of hydrazine groups is 1. The molecule has 0 amide bonds. The van der Waals surface area contributed by atoms with Gasteiger partial charge in [-0.1, -0.05) is 0 Å². The highest BCUT2D eigenvalue weighted by Crippen LogP contribution is 2.00. The Kier molecular flexibility index (Phi) is 7.85. The molecule has 6 N–H and O–H groups in total. The van der Waals surface area contributed by atoms with Crippen molar-refractivity contribution in [3.05, 3.63) is 0 Å². The van der Waals surface area contributed by atoms with Crippen LogP contribution in [-0.2, 0) is 19.2 Å². The van der Waals surface area contributed by atoms with E-state index >= 15 is 0 Å². The first-order valence-electron chi connectivity index (χ1n) is 5.64. The molecule has 0 aromatic carbocycles. The van der Waals surface area contributed by atoms with E-state index in [1.54, 1.807) is 0 Å². The smallest absolute Gasteiger partial charge is 0.322 e. The molecule has 0 heterocycles. The Hall–Kier alpha value is -2.20. The lowest BCUT2D eigenvalue weighted by atomic mass is 10.1. The molecule has 0 bridgehead atoms. The zero-order chi connectivity index (χ0) is 15.7. The van der Waals surface area contributed by atoms with Crippen LogP contribution in [0.2, 0.25) is 0 Å². The maximum atomic E-state index is 10.8. The average Bonchev–Trinajstić information content (AvgIpc) is 2.30. The summed E-state index contributed by atoms with van der Waals surface area (Å²) in [5.74, 6) is -5.06. The number of aliphatic carboxylic acids is 4. The van der Waals surface area contributed by atoms with Crippen LogP contribution in [0.4, 0.5) is 0 Å². The van der Waals surface area contributed by atoms with E-state index in [0.717, 1.165) is 0 Å². The Labute approximate surface area is 113 Å². The minimum atomic E-state index is -1.35. The summed E-state index contributed by atoms with van der Waals surface area (Å²) in [6.07, 6.45) is -1.30. The molecule has 0 saturated carbocycles. The molecule has 0 saturated heterocycles. The van der Waals surface area contributed by atoms with E-state index in [-0.39, 0.29) is 12.8 Å². The Morgan fingerprint density at radius 3 is 1.20 bits per heavy atom. The summed E-state index contributed by atoms with van der Waals surface area (Å²) in [5, 5.41) is 34.5. The summed E-state index contributed by atoms with van der Waals surface area (Å²) < 4.78 is 0. The van der Waals surface area contributed by atoms with Crippen LogP contribution >= 0.6 is 0 Å². The van der Waals surface area contributed by atoms with Gasteiger partial charge in [-0.15, -0.1) is 0 Å². The van der Waals surface area contributed by atoms with Gasteiger partial charge in [0.15, 0.2) is 0 Å². The normalized spacial score (nSPS) is 13.4. The van der Waals surface area contributed by atoms with Crippen molar-refractivity contribution in [3.63, 3.8) is 0 Å². The van der Waals surface area contributed by atoms with Crippen LogP contribution in [0.5, 0.6) is 0 Å². The predicted molar refractivity (Wildman–Crippen MR) is 62.9 cm³/mol. The molecule has 10 nitrogen and oxygen atoms in total. The van der Waals surface area contributed by atoms with E-state index in [1.165, 1.54) is 0 Å². The fraction of sp³-hybridized carbons (Fsp3) is 0.600. The fourth-order valence-corrected chi connectivity index (χ4v) is 1.25. The number of carbonyl (C=O) groups is 4. The second kappa shape index (κ2) is 8.82. The van der Waals surface area contributed by atoms with Crippen LogP contribution in [0.25, 0.3) is 0 Å². The molecule has 0 rings (SSSR count). The van der Waals surface area contributed by atoms with Crippen molar-refractivity contribution in [2.45, 2.75) is 37.8 Å². The highest BCUT2D eigenvalue weighted by Gasteiger charge is 2.23. The van der Waals surface area contributed by atoms with Gasteiger partial charge in [0.25, 0.3) is 0 Å². The number of hydrogen-bond donors (Lipinski definition) is 6. The quantitative estimate of drug-likeness (QED) is 0.251. The molecular formula is C10H16N2O8. The monoisotopic (exact) mass is 292 g/mol. The number of carboxylic acid groups (broad SMARTS) is 4. The van der Waals surface area contributed by atoms with Crippen molar-refractivity contribution in [1.29, 1.82) is 0 Å². The maximum Gasteiger partial charge on any atom is 0.322 e. The zero-order valence-electron chi connectivity index (χ0n) is 10.4. The van der Waals surface area contributed by atoms with Gasteiger partial charge in [0.1, 0.15) is 12.1 Å². The van der Waals surface area contributed by atoms with Crippen molar-refractivity contribution in [2.24, 2.45) is 0 Å². The number of hydrogen-bond acceptors (Lipinski definition) is 6. The number of nitrogens with one attached hydrogen (secondary N) is 2. The summed E-state index contributed by atoms with van der Waals surface area (Å²) in [6, 6.07) is -2.59. The Morgan fingerprint density at radius 1 is 0.700 bits per heavy atom. The van der Waals surface area contributed by atoms with Crippen LogP contribution in [0, 0.1) is 0 Å². The first-order valence-corrected chi connectivity index (χ1v) is 5.64. The lowest BCUT2D eigenvalue weighted by Crippen LogP contribution is -2.52. The third-order valence-electron chi connectivity index (χ3n) is 2.32. The van der Waals surface area contributed by atoms with E-state index in [4.69, 9.17) is 20.4 Å². The van der Waals surface area contributed by atoms with E-state index in [0.29, 0.717) is 0 Å². The summed E-state index contributed by atoms with van der Waals surface area (Å²) in [4.78, 5) is 42.3. The third kappa shape index (κ3) is 8.00. The Bertz CT molecular complexity index is 347. The molecule has 10 heteroatoms. The van der Waals surface area contributed by atoms with Crippen molar-refractivity contribution in [1.82, 2.24) is 10.9 Å². The lowest BCUT2D eigenvalue weighted by Gasteiger charge is -2.18. The minimum absolute atomic E-state index is 0.247. The molecule has 20 heavy (non-hydrogen) atoms. The van der Waals surface area contributed by atoms with Gasteiger partial charge < -0.3 is 20.4 Å². The van der Waals surface area contributed by atoms with Gasteiger partial charge in [0, 0.05) is 12.8 Å². The SMILES string of the molecule is O=C(O)CC[C@H](NN[C@@H](CCC(=O)O)C(=O)O)C(=O)O. The molecule has 2 atom stereocenters. The molecule has 0 aromatic rings. The Balaban J connectivity index is 4.39. The number of carboxylic acids is 4. The summed E-state index contributed by atoms with van der Waals surface area (Å²) in [5.41, 5.74) is 4.39. The van der Waals surface area contributed by atoms with Crippen LogP contribution < -0.4 is 10.9 Å². The largest absolute Gasteiger partial charge is 0.481 e. The van der Waals surface area contributed by atoms with Crippen LogP contribution in [-0.4, -0.2) is 56.4 Å². The molecular weight excluding hydrogens is 276 g/mol. The second-order valence-electron chi connectivity index (χ2n) is 3.94. The van der Waals surface area contributed by atoms with Gasteiger partial charge in [-0.2, -0.15) is 0 Å². The highest BCUT2D eigenvalue weighted by molar-refractivity contribution is 5.76. The van der Waals surface area contributed by atoms with E-state index in [9.17, 15) is 19.2 Å². The molecule has 0 aliphatic rings. The minimum Gasteiger partial charge on any atom is -0.481 e. The topological polar surface area (TPSA) is 173 Å². The predicted octanol–water partition coefficient (Wildman–Crippen LogP) is -1.28. The molecule has 0 radical (unpaired) electrons. The summed E-state index contributed by atoms with van der Waals surface area (Å²) in [7, 11) is 0. The highest BCUT2D eigenvalue weighted by atomic mass is 16.4. The fourth-order valence-electron chi connectivity index (χ4n) is 1.25. The van der Waals surface area contributed by atoms with Gasteiger partial charge in [-0.25, -0.2) is 10.9 Å². The molecule has 0 aromatic heterocycles.